The summed E-state index contributed by atoms with van der Waals surface area (Å²) in [5.41, 5.74) is 0. The first-order valence-corrected chi connectivity index (χ1v) is 0.651. The van der Waals surface area contributed by atoms with Gasteiger partial charge in [0.05, 0.1) is 0 Å². The fraction of sp³-hybridized carbons (Fsp3) is 0. The van der Waals surface area contributed by atoms with Gasteiger partial charge in [0, 0.05) is 0 Å². The first-order valence-electron chi connectivity index (χ1n) is 0.651. The number of halogens is 1. The van der Waals surface area contributed by atoms with Crippen molar-refractivity contribution in [3.8, 4) is 0 Å². The molecule has 0 saturated carbocycles. The Labute approximate surface area is 167 Å². The first kappa shape index (κ1) is 22.4. The summed E-state index contributed by atoms with van der Waals surface area (Å²) in [6, 6.07) is 0. The van der Waals surface area contributed by atoms with Crippen molar-refractivity contribution in [1.29, 1.82) is 0 Å². The van der Waals surface area contributed by atoms with Crippen LogP contribution in [-0.4, -0.2) is 16.4 Å². The molecule has 34 valence electrons. The molecule has 3 nitrogen and oxygen atoms in total. The summed E-state index contributed by atoms with van der Waals surface area (Å²) < 4.78 is 0. The molecule has 0 amide bonds. The van der Waals surface area contributed by atoms with Crippen LogP contribution in [0.15, 0.2) is 0 Å². The predicted octanol–water partition coefficient (Wildman–Crippen LogP) is -8.65. The van der Waals surface area contributed by atoms with E-state index in [1.54, 1.807) is 0 Å². The van der Waals surface area contributed by atoms with E-state index in [1.165, 1.54) is 0 Å². The average molecular weight is 364 g/mol. The minimum Gasteiger partial charge on any atom is -1.00 e. The molecule has 0 spiro atoms. The molecule has 0 fully saturated rings. The second-order valence-corrected chi connectivity index (χ2v) is 0.283. The Morgan fingerprint density at radius 2 is 1.29 bits per heavy atom. The maximum atomic E-state index is 8.56. The van der Waals surface area contributed by atoms with Crippen LogP contribution in [0.1, 0.15) is 1.43 Å². The van der Waals surface area contributed by atoms with Crippen LogP contribution in [-0.2, 0) is 0 Å². The van der Waals surface area contributed by atoms with E-state index < -0.39 is 6.16 Å². The van der Waals surface area contributed by atoms with Crippen molar-refractivity contribution >= 4 is 6.16 Å². The van der Waals surface area contributed by atoms with Crippen molar-refractivity contribution in [2.45, 2.75) is 0 Å². The smallest absolute Gasteiger partial charge is 1.00 e. The van der Waals surface area contributed by atoms with Crippen molar-refractivity contribution in [3.63, 3.8) is 0 Å². The molecule has 0 aromatic carbocycles. The molecule has 2 N–H and O–H groups in total. The normalized spacial score (nSPS) is 3.43. The topological polar surface area (TPSA) is 57.5 Å². The summed E-state index contributed by atoms with van der Waals surface area (Å²) in [5, 5.41) is 13.9. The van der Waals surface area contributed by atoms with E-state index in [9.17, 15) is 0 Å². The Morgan fingerprint density at radius 3 is 1.29 bits per heavy atom. The van der Waals surface area contributed by atoms with Gasteiger partial charge < -0.3 is 24.0 Å². The quantitative estimate of drug-likeness (QED) is 0.449. The fourth-order valence-electron chi connectivity index (χ4n) is 0. The number of hydrogen-bond donors (Lipinski definition) is 2. The summed E-state index contributed by atoms with van der Waals surface area (Å²) >= 11 is 0. The van der Waals surface area contributed by atoms with Gasteiger partial charge in [-0.05, 0) is 0 Å². The Balaban J connectivity index is -0.00000000750. The molecular formula is CH3ClCs2O3. The minimum absolute atomic E-state index is 0. The molecule has 0 aliphatic heterocycles. The second kappa shape index (κ2) is 16.3. The maximum Gasteiger partial charge on any atom is 1.00 e. The molecular weight excluding hydrogens is 361 g/mol. The van der Waals surface area contributed by atoms with Crippen molar-refractivity contribution < 1.29 is 167 Å². The molecule has 7 heavy (non-hydrogen) atoms. The van der Waals surface area contributed by atoms with Crippen LogP contribution in [0.4, 0.5) is 4.79 Å². The summed E-state index contributed by atoms with van der Waals surface area (Å²) in [6.45, 7) is 0. The molecule has 0 radical (unpaired) electrons. The predicted molar refractivity (Wildman–Crippen MR) is 11.8 cm³/mol. The third-order valence-corrected chi connectivity index (χ3v) is 0. The van der Waals surface area contributed by atoms with Crippen LogP contribution < -0.4 is 150 Å². The van der Waals surface area contributed by atoms with E-state index in [2.05, 4.69) is 0 Å². The van der Waals surface area contributed by atoms with Crippen LogP contribution in [0.25, 0.3) is 0 Å². The van der Waals surface area contributed by atoms with E-state index >= 15 is 0 Å². The van der Waals surface area contributed by atoms with Crippen LogP contribution in [0, 0.1) is 0 Å². The molecule has 0 bridgehead atoms. The van der Waals surface area contributed by atoms with Crippen LogP contribution in [0.2, 0.25) is 0 Å². The zero-order chi connectivity index (χ0) is 3.58. The van der Waals surface area contributed by atoms with E-state index in [-0.39, 0.29) is 152 Å². The largest absolute Gasteiger partial charge is 1.00 e. The number of hydrogen-bond acceptors (Lipinski definition) is 1. The zero-order valence-electron chi connectivity index (χ0n) is 5.18. The molecule has 0 aromatic rings. The van der Waals surface area contributed by atoms with Gasteiger partial charge in [0.2, 0.25) is 0 Å². The van der Waals surface area contributed by atoms with Gasteiger partial charge in [0.1, 0.15) is 0 Å². The SMILES string of the molecule is O=C(O)O.[Cl-].[Cs+].[Cs+].[H-]. The molecule has 6 heteroatoms. The first-order chi connectivity index (χ1) is 1.73. The second-order valence-electron chi connectivity index (χ2n) is 0.283. The molecule has 0 saturated heterocycles. The van der Waals surface area contributed by atoms with Crippen molar-refractivity contribution in [1.82, 2.24) is 0 Å². The van der Waals surface area contributed by atoms with Crippen LogP contribution >= 0.6 is 0 Å². The zero-order valence-corrected chi connectivity index (χ0v) is 17.5. The molecule has 0 atom stereocenters. The number of rotatable bonds is 0. The Morgan fingerprint density at radius 1 is 1.29 bits per heavy atom. The summed E-state index contributed by atoms with van der Waals surface area (Å²) in [6.07, 6.45) is -1.83. The Bertz CT molecular complexity index is 40.3. The Kier molecular flexibility index (Phi) is 52.3. The van der Waals surface area contributed by atoms with Crippen LogP contribution in [0.5, 0.6) is 0 Å². The standard InChI is InChI=1S/CH2O3.ClH.2Cs.H/c2-1(3)4;;;;/h(H2,2,3,4);1H;;;/q;;2*+1;-1/p-1. The Hall–Kier alpha value is 3.66. The van der Waals surface area contributed by atoms with Gasteiger partial charge >= 0.3 is 144 Å². The number of carboxylic acid groups (broad SMARTS) is 2. The average Bonchev–Trinajstić information content (AvgIpc) is 0.811. The minimum atomic E-state index is -1.83. The molecule has 0 rings (SSSR count). The van der Waals surface area contributed by atoms with Gasteiger partial charge in [-0.1, -0.05) is 0 Å². The molecule has 0 aliphatic rings. The molecule has 0 unspecified atom stereocenters. The maximum absolute atomic E-state index is 8.56. The van der Waals surface area contributed by atoms with Gasteiger partial charge in [-0.15, -0.1) is 0 Å². The van der Waals surface area contributed by atoms with E-state index in [4.69, 9.17) is 15.0 Å². The van der Waals surface area contributed by atoms with E-state index in [1.807, 2.05) is 0 Å². The molecule has 0 aliphatic carbocycles. The van der Waals surface area contributed by atoms with Crippen LogP contribution in [0.3, 0.4) is 0 Å². The van der Waals surface area contributed by atoms with Gasteiger partial charge in [0.15, 0.2) is 0 Å². The van der Waals surface area contributed by atoms with E-state index in [0.717, 1.165) is 0 Å². The van der Waals surface area contributed by atoms with Gasteiger partial charge in [-0.25, -0.2) is 4.79 Å². The third kappa shape index (κ3) is 42.3. The summed E-state index contributed by atoms with van der Waals surface area (Å²) in [7, 11) is 0. The van der Waals surface area contributed by atoms with Gasteiger partial charge in [-0.3, -0.25) is 0 Å². The third-order valence-electron chi connectivity index (χ3n) is 0. The van der Waals surface area contributed by atoms with Crippen molar-refractivity contribution in [3.05, 3.63) is 0 Å². The summed E-state index contributed by atoms with van der Waals surface area (Å²) in [4.78, 5) is 8.56. The van der Waals surface area contributed by atoms with Crippen molar-refractivity contribution in [2.24, 2.45) is 0 Å². The number of carbonyl (C=O) groups is 1. The van der Waals surface area contributed by atoms with Gasteiger partial charge in [0.25, 0.3) is 0 Å². The van der Waals surface area contributed by atoms with Gasteiger partial charge in [-0.2, -0.15) is 0 Å². The van der Waals surface area contributed by atoms with E-state index in [0.29, 0.717) is 0 Å². The monoisotopic (exact) mass is 364 g/mol. The molecule has 0 heterocycles. The van der Waals surface area contributed by atoms with Crippen molar-refractivity contribution in [2.75, 3.05) is 0 Å². The summed E-state index contributed by atoms with van der Waals surface area (Å²) in [5.74, 6) is 0. The molecule has 0 aromatic heterocycles. The fourth-order valence-corrected chi connectivity index (χ4v) is 0.